The Morgan fingerprint density at radius 1 is 1.26 bits per heavy atom. The van der Waals surface area contributed by atoms with Gasteiger partial charge in [0.1, 0.15) is 12.7 Å². The molecule has 0 N–H and O–H groups in total. The number of hydrogen-bond donors (Lipinski definition) is 0. The van der Waals surface area contributed by atoms with Crippen LogP contribution in [0.5, 0.6) is 0 Å². The van der Waals surface area contributed by atoms with E-state index in [0.717, 1.165) is 18.9 Å². The van der Waals surface area contributed by atoms with Gasteiger partial charge in [-0.15, -0.1) is 0 Å². The highest BCUT2D eigenvalue weighted by Gasteiger charge is 2.33. The Morgan fingerprint density at radius 2 is 2.07 bits per heavy atom. The van der Waals surface area contributed by atoms with Crippen molar-refractivity contribution in [2.24, 2.45) is 5.92 Å². The van der Waals surface area contributed by atoms with Crippen LogP contribution in [0.15, 0.2) is 36.9 Å². The van der Waals surface area contributed by atoms with E-state index in [1.807, 2.05) is 4.90 Å². The Kier molecular flexibility index (Phi) is 6.13. The van der Waals surface area contributed by atoms with E-state index in [2.05, 4.69) is 10.1 Å². The smallest absolute Gasteiger partial charge is 0.342 e. The standard InChI is InChI=1S/C19H23F3N4O/c20-19(21,22)17-6-2-1-5-16(17)8-7-15-4-3-10-25(12-15)18(27)9-11-26-14-23-13-24-26/h1-2,5-6,13-15H,3-4,7-12H2/t15-/m1/s1. The zero-order valence-corrected chi connectivity index (χ0v) is 15.0. The van der Waals surface area contributed by atoms with Gasteiger partial charge in [-0.05, 0) is 43.2 Å². The van der Waals surface area contributed by atoms with Crippen LogP contribution in [0.1, 0.15) is 36.8 Å². The Hall–Kier alpha value is -2.38. The molecule has 0 spiro atoms. The minimum Gasteiger partial charge on any atom is -0.342 e. The molecule has 3 rings (SSSR count). The van der Waals surface area contributed by atoms with Gasteiger partial charge in [0.25, 0.3) is 0 Å². The monoisotopic (exact) mass is 380 g/mol. The zero-order chi connectivity index (χ0) is 19.3. The molecule has 2 heterocycles. The molecule has 0 unspecified atom stereocenters. The number of benzene rings is 1. The van der Waals surface area contributed by atoms with Crippen molar-refractivity contribution in [2.45, 2.75) is 44.8 Å². The molecule has 5 nitrogen and oxygen atoms in total. The molecule has 0 aliphatic carbocycles. The molecule has 0 saturated carbocycles. The summed E-state index contributed by atoms with van der Waals surface area (Å²) >= 11 is 0. The van der Waals surface area contributed by atoms with E-state index in [1.165, 1.54) is 12.4 Å². The molecule has 2 aromatic rings. The number of carbonyl (C=O) groups excluding carboxylic acids is 1. The van der Waals surface area contributed by atoms with Gasteiger partial charge in [-0.3, -0.25) is 9.48 Å². The van der Waals surface area contributed by atoms with E-state index in [-0.39, 0.29) is 11.8 Å². The van der Waals surface area contributed by atoms with Gasteiger partial charge >= 0.3 is 6.18 Å². The quantitative estimate of drug-likeness (QED) is 0.770. The van der Waals surface area contributed by atoms with Crippen molar-refractivity contribution in [2.75, 3.05) is 13.1 Å². The number of likely N-dealkylation sites (tertiary alicyclic amines) is 1. The summed E-state index contributed by atoms with van der Waals surface area (Å²) in [5.74, 6) is 0.293. The number of halogens is 3. The van der Waals surface area contributed by atoms with Gasteiger partial charge in [0.15, 0.2) is 0 Å². The molecule has 8 heteroatoms. The first-order valence-electron chi connectivity index (χ1n) is 9.19. The van der Waals surface area contributed by atoms with Gasteiger partial charge in [-0.1, -0.05) is 18.2 Å². The lowest BCUT2D eigenvalue weighted by Crippen LogP contribution is -2.40. The summed E-state index contributed by atoms with van der Waals surface area (Å²) in [5, 5.41) is 3.98. The van der Waals surface area contributed by atoms with Crippen LogP contribution in [0.3, 0.4) is 0 Å². The van der Waals surface area contributed by atoms with Crippen LogP contribution in [0.2, 0.25) is 0 Å². The molecule has 1 aliphatic rings. The Labute approximate surface area is 156 Å². The Balaban J connectivity index is 1.52. The highest BCUT2D eigenvalue weighted by atomic mass is 19.4. The van der Waals surface area contributed by atoms with E-state index >= 15 is 0 Å². The van der Waals surface area contributed by atoms with E-state index in [4.69, 9.17) is 0 Å². The third-order valence-corrected chi connectivity index (χ3v) is 5.04. The minimum absolute atomic E-state index is 0.0610. The highest BCUT2D eigenvalue weighted by Crippen LogP contribution is 2.33. The highest BCUT2D eigenvalue weighted by molar-refractivity contribution is 5.76. The van der Waals surface area contributed by atoms with E-state index in [1.54, 1.807) is 23.1 Å². The van der Waals surface area contributed by atoms with Crippen LogP contribution in [-0.2, 0) is 23.9 Å². The van der Waals surface area contributed by atoms with Gasteiger partial charge in [0.05, 0.1) is 12.1 Å². The lowest BCUT2D eigenvalue weighted by atomic mass is 9.90. The summed E-state index contributed by atoms with van der Waals surface area (Å²) in [5.41, 5.74) is -0.221. The molecule has 1 saturated heterocycles. The van der Waals surface area contributed by atoms with Crippen molar-refractivity contribution in [1.29, 1.82) is 0 Å². The summed E-state index contributed by atoms with van der Waals surface area (Å²) in [6.07, 6.45) is 1.90. The average Bonchev–Trinajstić information content (AvgIpc) is 3.18. The van der Waals surface area contributed by atoms with Crippen LogP contribution in [-0.4, -0.2) is 38.7 Å². The maximum Gasteiger partial charge on any atom is 0.416 e. The molecule has 1 aromatic heterocycles. The van der Waals surface area contributed by atoms with Crippen LogP contribution in [0.4, 0.5) is 13.2 Å². The Bertz CT molecular complexity index is 746. The molecule has 0 radical (unpaired) electrons. The van der Waals surface area contributed by atoms with E-state index in [0.29, 0.717) is 44.5 Å². The van der Waals surface area contributed by atoms with Crippen molar-refractivity contribution >= 4 is 5.91 Å². The number of amides is 1. The molecule has 146 valence electrons. The molecule has 1 fully saturated rings. The predicted molar refractivity (Wildman–Crippen MR) is 93.7 cm³/mol. The lowest BCUT2D eigenvalue weighted by molar-refractivity contribution is -0.138. The SMILES string of the molecule is O=C(CCn1cncn1)N1CCC[C@H](CCc2ccccc2C(F)(F)F)C1. The van der Waals surface area contributed by atoms with Crippen molar-refractivity contribution in [3.8, 4) is 0 Å². The third kappa shape index (κ3) is 5.30. The first kappa shape index (κ1) is 19.4. The van der Waals surface area contributed by atoms with Crippen molar-refractivity contribution in [3.05, 3.63) is 48.0 Å². The maximum absolute atomic E-state index is 13.1. The molecule has 0 bridgehead atoms. The molecule has 1 aliphatic heterocycles. The second kappa shape index (κ2) is 8.54. The molecule has 1 aromatic carbocycles. The fraction of sp³-hybridized carbons (Fsp3) is 0.526. The summed E-state index contributed by atoms with van der Waals surface area (Å²) in [6.45, 7) is 1.81. The zero-order valence-electron chi connectivity index (χ0n) is 15.0. The second-order valence-corrected chi connectivity index (χ2v) is 6.95. The molecule has 1 amide bonds. The number of aryl methyl sites for hydroxylation is 2. The van der Waals surface area contributed by atoms with Crippen LogP contribution < -0.4 is 0 Å². The van der Waals surface area contributed by atoms with E-state index < -0.39 is 11.7 Å². The topological polar surface area (TPSA) is 51.0 Å². The van der Waals surface area contributed by atoms with Crippen LogP contribution in [0.25, 0.3) is 0 Å². The maximum atomic E-state index is 13.1. The summed E-state index contributed by atoms with van der Waals surface area (Å²) in [6, 6.07) is 5.75. The number of piperidine rings is 1. The summed E-state index contributed by atoms with van der Waals surface area (Å²) in [7, 11) is 0. The lowest BCUT2D eigenvalue weighted by Gasteiger charge is -2.33. The number of rotatable bonds is 6. The first-order chi connectivity index (χ1) is 12.9. The number of aromatic nitrogens is 3. The fourth-order valence-electron chi connectivity index (χ4n) is 3.62. The number of nitrogens with zero attached hydrogens (tertiary/aromatic N) is 4. The molecular weight excluding hydrogens is 357 g/mol. The first-order valence-corrected chi connectivity index (χ1v) is 9.19. The van der Waals surface area contributed by atoms with Crippen molar-refractivity contribution < 1.29 is 18.0 Å². The van der Waals surface area contributed by atoms with Crippen molar-refractivity contribution in [3.63, 3.8) is 0 Å². The number of hydrogen-bond acceptors (Lipinski definition) is 3. The van der Waals surface area contributed by atoms with Gasteiger partial charge in [-0.2, -0.15) is 18.3 Å². The third-order valence-electron chi connectivity index (χ3n) is 5.04. The minimum atomic E-state index is -4.33. The largest absolute Gasteiger partial charge is 0.416 e. The molecule has 1 atom stereocenters. The molecular formula is C19H23F3N4O. The summed E-state index contributed by atoms with van der Waals surface area (Å²) < 4.78 is 41.0. The van der Waals surface area contributed by atoms with Gasteiger partial charge in [0, 0.05) is 19.5 Å². The fourth-order valence-corrected chi connectivity index (χ4v) is 3.62. The number of carbonyl (C=O) groups is 1. The van der Waals surface area contributed by atoms with E-state index in [9.17, 15) is 18.0 Å². The number of alkyl halides is 3. The van der Waals surface area contributed by atoms with Crippen LogP contribution >= 0.6 is 0 Å². The van der Waals surface area contributed by atoms with Gasteiger partial charge < -0.3 is 4.90 Å². The van der Waals surface area contributed by atoms with Crippen LogP contribution in [0, 0.1) is 5.92 Å². The van der Waals surface area contributed by atoms with Gasteiger partial charge in [0.2, 0.25) is 5.91 Å². The summed E-state index contributed by atoms with van der Waals surface area (Å²) in [4.78, 5) is 18.1. The second-order valence-electron chi connectivity index (χ2n) is 6.95. The Morgan fingerprint density at radius 3 is 2.81 bits per heavy atom. The molecule has 27 heavy (non-hydrogen) atoms. The average molecular weight is 380 g/mol. The predicted octanol–water partition coefficient (Wildman–Crippen LogP) is 3.56. The normalized spacial score (nSPS) is 17.9. The van der Waals surface area contributed by atoms with Crippen molar-refractivity contribution in [1.82, 2.24) is 19.7 Å². The van der Waals surface area contributed by atoms with Gasteiger partial charge in [-0.25, -0.2) is 4.98 Å².